The van der Waals surface area contributed by atoms with E-state index in [4.69, 9.17) is 23.2 Å². The standard InChI is InChI=1S/C26H32Cl2N2/c1-20(2)30(18-21-9-4-3-5-10-21)16-8-15-26(19-29,22-11-6-7-12-22)23-13-14-24(27)25(28)17-23/h3-5,9-10,13-14,17,20,22H,6-8,11-12,15-16,18H2,1-2H3. The maximum atomic E-state index is 10.4. The molecule has 2 aromatic rings. The van der Waals surface area contributed by atoms with E-state index in [1.165, 1.54) is 18.4 Å². The fraction of sp³-hybridized carbons (Fsp3) is 0.500. The van der Waals surface area contributed by atoms with Crippen LogP contribution in [0.15, 0.2) is 48.5 Å². The normalized spacial score (nSPS) is 16.7. The second-order valence-corrected chi connectivity index (χ2v) is 9.66. The quantitative estimate of drug-likeness (QED) is 0.398. The molecule has 0 amide bonds. The van der Waals surface area contributed by atoms with Crippen LogP contribution in [0.2, 0.25) is 10.0 Å². The highest BCUT2D eigenvalue weighted by atomic mass is 35.5. The summed E-state index contributed by atoms with van der Waals surface area (Å²) in [5.74, 6) is 0.390. The molecule has 160 valence electrons. The maximum absolute atomic E-state index is 10.4. The van der Waals surface area contributed by atoms with Gasteiger partial charge in [-0.15, -0.1) is 0 Å². The minimum atomic E-state index is -0.486. The number of benzene rings is 2. The van der Waals surface area contributed by atoms with Crippen LogP contribution >= 0.6 is 23.2 Å². The van der Waals surface area contributed by atoms with Gasteiger partial charge in [-0.1, -0.05) is 72.4 Å². The van der Waals surface area contributed by atoms with Gasteiger partial charge in [-0.05, 0) is 75.3 Å². The van der Waals surface area contributed by atoms with E-state index >= 15 is 0 Å². The van der Waals surface area contributed by atoms with E-state index in [0.29, 0.717) is 22.0 Å². The molecule has 2 nitrogen and oxygen atoms in total. The monoisotopic (exact) mass is 442 g/mol. The van der Waals surface area contributed by atoms with Gasteiger partial charge in [0.15, 0.2) is 0 Å². The lowest BCUT2D eigenvalue weighted by atomic mass is 9.67. The molecule has 1 fully saturated rings. The predicted octanol–water partition coefficient (Wildman–Crippen LogP) is 7.64. The van der Waals surface area contributed by atoms with E-state index in [9.17, 15) is 5.26 Å². The average molecular weight is 443 g/mol. The molecular weight excluding hydrogens is 411 g/mol. The predicted molar refractivity (Wildman–Crippen MR) is 127 cm³/mol. The topological polar surface area (TPSA) is 27.0 Å². The van der Waals surface area contributed by atoms with Crippen molar-refractivity contribution < 1.29 is 0 Å². The van der Waals surface area contributed by atoms with Crippen molar-refractivity contribution in [1.82, 2.24) is 4.90 Å². The van der Waals surface area contributed by atoms with Crippen LogP contribution in [-0.2, 0) is 12.0 Å². The van der Waals surface area contributed by atoms with Crippen LogP contribution in [0.4, 0.5) is 0 Å². The minimum absolute atomic E-state index is 0.390. The van der Waals surface area contributed by atoms with Crippen LogP contribution in [0.1, 0.15) is 63.5 Å². The summed E-state index contributed by atoms with van der Waals surface area (Å²) in [6.07, 6.45) is 6.49. The van der Waals surface area contributed by atoms with E-state index < -0.39 is 5.41 Å². The highest BCUT2D eigenvalue weighted by Crippen LogP contribution is 2.46. The van der Waals surface area contributed by atoms with Gasteiger partial charge in [-0.25, -0.2) is 0 Å². The van der Waals surface area contributed by atoms with Crippen molar-refractivity contribution in [3.8, 4) is 6.07 Å². The largest absolute Gasteiger partial charge is 0.297 e. The Morgan fingerprint density at radius 3 is 2.37 bits per heavy atom. The molecule has 0 radical (unpaired) electrons. The summed E-state index contributed by atoms with van der Waals surface area (Å²) in [6.45, 7) is 6.41. The fourth-order valence-corrected chi connectivity index (χ4v) is 5.18. The molecule has 0 saturated heterocycles. The van der Waals surface area contributed by atoms with Gasteiger partial charge >= 0.3 is 0 Å². The number of nitriles is 1. The Morgan fingerprint density at radius 2 is 1.77 bits per heavy atom. The summed E-state index contributed by atoms with van der Waals surface area (Å²) in [7, 11) is 0. The van der Waals surface area contributed by atoms with E-state index in [-0.39, 0.29) is 0 Å². The highest BCUT2D eigenvalue weighted by molar-refractivity contribution is 6.42. The van der Waals surface area contributed by atoms with Gasteiger partial charge in [0.2, 0.25) is 0 Å². The molecule has 0 N–H and O–H groups in total. The van der Waals surface area contributed by atoms with Crippen LogP contribution in [0, 0.1) is 17.2 Å². The van der Waals surface area contributed by atoms with Crippen LogP contribution < -0.4 is 0 Å². The summed E-state index contributed by atoms with van der Waals surface area (Å²) >= 11 is 12.5. The fourth-order valence-electron chi connectivity index (χ4n) is 4.89. The summed E-state index contributed by atoms with van der Waals surface area (Å²) in [6, 6.07) is 19.6. The Balaban J connectivity index is 1.77. The highest BCUT2D eigenvalue weighted by Gasteiger charge is 2.42. The van der Waals surface area contributed by atoms with Crippen LogP contribution in [0.25, 0.3) is 0 Å². The second kappa shape index (κ2) is 10.7. The Kier molecular flexibility index (Phi) is 8.23. The molecule has 1 unspecified atom stereocenters. The van der Waals surface area contributed by atoms with Gasteiger partial charge < -0.3 is 0 Å². The Morgan fingerprint density at radius 1 is 1.07 bits per heavy atom. The molecule has 1 atom stereocenters. The third-order valence-corrected chi connectivity index (χ3v) is 7.40. The molecule has 0 aliphatic heterocycles. The Labute approximate surface area is 191 Å². The van der Waals surface area contributed by atoms with Gasteiger partial charge in [-0.2, -0.15) is 5.26 Å². The van der Waals surface area contributed by atoms with Crippen molar-refractivity contribution in [2.75, 3.05) is 6.54 Å². The lowest BCUT2D eigenvalue weighted by Crippen LogP contribution is -2.36. The molecule has 0 spiro atoms. The van der Waals surface area contributed by atoms with E-state index in [1.807, 2.05) is 18.2 Å². The molecule has 0 heterocycles. The zero-order chi connectivity index (χ0) is 21.6. The van der Waals surface area contributed by atoms with Crippen LogP contribution in [-0.4, -0.2) is 17.5 Å². The minimum Gasteiger partial charge on any atom is -0.297 e. The number of rotatable bonds is 9. The molecular formula is C26H32Cl2N2. The van der Waals surface area contributed by atoms with Crippen LogP contribution in [0.3, 0.4) is 0 Å². The Bertz CT molecular complexity index is 853. The van der Waals surface area contributed by atoms with Crippen molar-refractivity contribution in [1.29, 1.82) is 5.26 Å². The number of nitrogens with zero attached hydrogens (tertiary/aromatic N) is 2. The van der Waals surface area contributed by atoms with E-state index in [1.54, 1.807) is 0 Å². The van der Waals surface area contributed by atoms with Gasteiger partial charge in [-0.3, -0.25) is 4.90 Å². The van der Waals surface area contributed by atoms with Gasteiger partial charge in [0, 0.05) is 12.6 Å². The summed E-state index contributed by atoms with van der Waals surface area (Å²) in [5, 5.41) is 11.5. The van der Waals surface area contributed by atoms with E-state index in [2.05, 4.69) is 55.1 Å². The first-order valence-corrected chi connectivity index (χ1v) is 11.9. The molecule has 4 heteroatoms. The zero-order valence-electron chi connectivity index (χ0n) is 18.1. The SMILES string of the molecule is CC(C)N(CCCC(C#N)(c1ccc(Cl)c(Cl)c1)C1CCCC1)Cc1ccccc1. The smallest absolute Gasteiger partial charge is 0.0851 e. The first-order valence-electron chi connectivity index (χ1n) is 11.1. The number of halogens is 2. The Hall–Kier alpha value is -1.53. The average Bonchev–Trinajstić information content (AvgIpc) is 3.28. The lowest BCUT2D eigenvalue weighted by Gasteiger charge is -2.35. The summed E-state index contributed by atoms with van der Waals surface area (Å²) < 4.78 is 0. The number of hydrogen-bond acceptors (Lipinski definition) is 2. The first-order chi connectivity index (χ1) is 14.5. The van der Waals surface area contributed by atoms with Crippen LogP contribution in [0.5, 0.6) is 0 Å². The van der Waals surface area contributed by atoms with Crippen molar-refractivity contribution in [3.63, 3.8) is 0 Å². The molecule has 3 rings (SSSR count). The number of hydrogen-bond donors (Lipinski definition) is 0. The maximum Gasteiger partial charge on any atom is 0.0851 e. The molecule has 30 heavy (non-hydrogen) atoms. The van der Waals surface area contributed by atoms with Crippen molar-refractivity contribution in [2.24, 2.45) is 5.92 Å². The zero-order valence-corrected chi connectivity index (χ0v) is 19.6. The molecule has 0 aromatic heterocycles. The molecule has 2 aromatic carbocycles. The molecule has 1 aliphatic carbocycles. The lowest BCUT2D eigenvalue weighted by molar-refractivity contribution is 0.197. The second-order valence-electron chi connectivity index (χ2n) is 8.85. The molecule has 1 saturated carbocycles. The third-order valence-electron chi connectivity index (χ3n) is 6.66. The van der Waals surface area contributed by atoms with Gasteiger partial charge in [0.25, 0.3) is 0 Å². The van der Waals surface area contributed by atoms with Crippen molar-refractivity contribution >= 4 is 23.2 Å². The summed E-state index contributed by atoms with van der Waals surface area (Å²) in [4.78, 5) is 2.50. The first kappa shape index (κ1) is 23.1. The van der Waals surface area contributed by atoms with Gasteiger partial charge in [0.1, 0.15) is 0 Å². The van der Waals surface area contributed by atoms with E-state index in [0.717, 1.165) is 44.3 Å². The van der Waals surface area contributed by atoms with Crippen molar-refractivity contribution in [2.45, 2.75) is 70.4 Å². The molecule has 1 aliphatic rings. The van der Waals surface area contributed by atoms with Gasteiger partial charge in [0.05, 0.1) is 21.5 Å². The molecule has 0 bridgehead atoms. The summed E-state index contributed by atoms with van der Waals surface area (Å²) in [5.41, 5.74) is 1.88. The van der Waals surface area contributed by atoms with Crippen molar-refractivity contribution in [3.05, 3.63) is 69.7 Å². The third kappa shape index (κ3) is 5.38.